The smallest absolute Gasteiger partial charge is 0.351 e. The lowest BCUT2D eigenvalue weighted by atomic mass is 10.1. The molecule has 0 spiro atoms. The van der Waals surface area contributed by atoms with Gasteiger partial charge in [0.15, 0.2) is 0 Å². The molecule has 0 bridgehead atoms. The fourth-order valence-corrected chi connectivity index (χ4v) is 4.59. The number of carbonyl (C=O) groups excluding carboxylic acids is 2. The highest BCUT2D eigenvalue weighted by molar-refractivity contribution is 7.10. The average Bonchev–Trinajstić information content (AvgIpc) is 3.39. The maximum Gasteiger partial charge on any atom is 0.471 e. The number of benzene rings is 1. The van der Waals surface area contributed by atoms with E-state index < -0.39 is 24.0 Å². The maximum atomic E-state index is 13.4. The first-order valence-electron chi connectivity index (χ1n) is 9.71. The molecule has 1 heterocycles. The highest BCUT2D eigenvalue weighted by atomic mass is 35.5. The van der Waals surface area contributed by atoms with Gasteiger partial charge in [0.25, 0.3) is 0 Å². The summed E-state index contributed by atoms with van der Waals surface area (Å²) in [5.41, 5.74) is 0.723. The Kier molecular flexibility index (Phi) is 7.41. The number of rotatable bonds is 7. The second-order valence-corrected chi connectivity index (χ2v) is 8.70. The fraction of sp³-hybridized carbons (Fsp3) is 0.429. The van der Waals surface area contributed by atoms with Gasteiger partial charge >= 0.3 is 12.1 Å². The summed E-state index contributed by atoms with van der Waals surface area (Å²) in [7, 11) is 0. The number of alkyl halides is 3. The van der Waals surface area contributed by atoms with Gasteiger partial charge in [0, 0.05) is 22.5 Å². The predicted molar refractivity (Wildman–Crippen MR) is 110 cm³/mol. The molecular formula is C21H22ClF3N2O2S. The van der Waals surface area contributed by atoms with E-state index in [1.54, 1.807) is 41.8 Å². The zero-order chi connectivity index (χ0) is 21.7. The molecule has 1 aliphatic rings. The first-order chi connectivity index (χ1) is 14.3. The molecule has 1 aliphatic carbocycles. The van der Waals surface area contributed by atoms with E-state index in [0.717, 1.165) is 42.6 Å². The molecule has 30 heavy (non-hydrogen) atoms. The molecule has 4 nitrogen and oxygen atoms in total. The molecule has 0 unspecified atom stereocenters. The second-order valence-electron chi connectivity index (χ2n) is 7.28. The standard InChI is InChI=1S/C21H22ClF3N2O2S/c22-15-9-7-14(8-10-15)11-12-27(20(29)21(23,24)25)18(17-6-3-13-30-17)19(28)26-16-4-1-2-5-16/h3,6-10,13,16,18H,1-2,4-5,11-12H2,(H,26,28)/t18-/m0/s1. The van der Waals surface area contributed by atoms with Crippen LogP contribution in [0.25, 0.3) is 0 Å². The lowest BCUT2D eigenvalue weighted by Crippen LogP contribution is -2.50. The summed E-state index contributed by atoms with van der Waals surface area (Å²) in [5, 5.41) is 5.04. The Hall–Kier alpha value is -2.06. The van der Waals surface area contributed by atoms with E-state index in [0.29, 0.717) is 14.8 Å². The van der Waals surface area contributed by atoms with Crippen LogP contribution in [0.1, 0.15) is 42.2 Å². The predicted octanol–water partition coefficient (Wildman–Crippen LogP) is 5.14. The number of hydrogen-bond acceptors (Lipinski definition) is 3. The van der Waals surface area contributed by atoms with E-state index in [2.05, 4.69) is 5.32 Å². The van der Waals surface area contributed by atoms with Crippen LogP contribution >= 0.6 is 22.9 Å². The lowest BCUT2D eigenvalue weighted by Gasteiger charge is -2.32. The van der Waals surface area contributed by atoms with Crippen molar-refractivity contribution in [3.63, 3.8) is 0 Å². The fourth-order valence-electron chi connectivity index (χ4n) is 3.63. The Labute approximate surface area is 182 Å². The van der Waals surface area contributed by atoms with Gasteiger partial charge in [-0.05, 0) is 48.4 Å². The minimum absolute atomic E-state index is 0.0703. The molecule has 1 N–H and O–H groups in total. The Morgan fingerprint density at radius 2 is 1.83 bits per heavy atom. The molecule has 2 amide bonds. The van der Waals surface area contributed by atoms with E-state index in [-0.39, 0.29) is 19.0 Å². The zero-order valence-electron chi connectivity index (χ0n) is 16.1. The number of amides is 2. The van der Waals surface area contributed by atoms with Gasteiger partial charge in [-0.3, -0.25) is 9.59 Å². The number of nitrogens with zero attached hydrogens (tertiary/aromatic N) is 1. The first-order valence-corrected chi connectivity index (χ1v) is 11.0. The molecule has 9 heteroatoms. The lowest BCUT2D eigenvalue weighted by molar-refractivity contribution is -0.188. The summed E-state index contributed by atoms with van der Waals surface area (Å²) in [5.74, 6) is -2.59. The van der Waals surface area contributed by atoms with E-state index in [1.807, 2.05) is 0 Å². The largest absolute Gasteiger partial charge is 0.471 e. The van der Waals surface area contributed by atoms with Crippen molar-refractivity contribution in [1.29, 1.82) is 0 Å². The third-order valence-corrected chi connectivity index (χ3v) is 6.31. The highest BCUT2D eigenvalue weighted by Gasteiger charge is 2.46. The molecule has 0 radical (unpaired) electrons. The van der Waals surface area contributed by atoms with E-state index in [4.69, 9.17) is 11.6 Å². The molecule has 0 aliphatic heterocycles. The van der Waals surface area contributed by atoms with E-state index in [1.165, 1.54) is 0 Å². The molecule has 0 saturated heterocycles. The normalized spacial score (nSPS) is 15.7. The van der Waals surface area contributed by atoms with Crippen molar-refractivity contribution in [2.75, 3.05) is 6.54 Å². The number of carbonyl (C=O) groups is 2. The van der Waals surface area contributed by atoms with Crippen LogP contribution in [0.3, 0.4) is 0 Å². The van der Waals surface area contributed by atoms with Crippen molar-refractivity contribution in [2.24, 2.45) is 0 Å². The van der Waals surface area contributed by atoms with Crippen LogP contribution in [0.5, 0.6) is 0 Å². The summed E-state index contributed by atoms with van der Waals surface area (Å²) in [4.78, 5) is 26.4. The molecule has 162 valence electrons. The molecule has 1 saturated carbocycles. The van der Waals surface area contributed by atoms with Gasteiger partial charge in [-0.1, -0.05) is 42.6 Å². The van der Waals surface area contributed by atoms with Gasteiger partial charge in [-0.15, -0.1) is 11.3 Å². The van der Waals surface area contributed by atoms with Crippen LogP contribution in [0.2, 0.25) is 5.02 Å². The number of hydrogen-bond donors (Lipinski definition) is 1. The molecule has 3 rings (SSSR count). The van der Waals surface area contributed by atoms with Crippen molar-refractivity contribution < 1.29 is 22.8 Å². The van der Waals surface area contributed by atoms with Crippen LogP contribution in [-0.4, -0.2) is 35.5 Å². The summed E-state index contributed by atoms with van der Waals surface area (Å²) in [6.07, 6.45) is -1.39. The SMILES string of the molecule is O=C(NC1CCCC1)[C@H](c1cccs1)N(CCc1ccc(Cl)cc1)C(=O)C(F)(F)F. The average molecular weight is 459 g/mol. The van der Waals surface area contributed by atoms with Crippen molar-refractivity contribution in [3.8, 4) is 0 Å². The topological polar surface area (TPSA) is 49.4 Å². The minimum atomic E-state index is -5.08. The Balaban J connectivity index is 1.88. The minimum Gasteiger partial charge on any atom is -0.351 e. The summed E-state index contributed by atoms with van der Waals surface area (Å²) in [6, 6.07) is 8.50. The second kappa shape index (κ2) is 9.83. The third kappa shape index (κ3) is 5.76. The summed E-state index contributed by atoms with van der Waals surface area (Å²) in [6.45, 7) is -0.249. The molecular weight excluding hydrogens is 437 g/mol. The van der Waals surface area contributed by atoms with Gasteiger partial charge in [0.1, 0.15) is 6.04 Å². The summed E-state index contributed by atoms with van der Waals surface area (Å²) < 4.78 is 40.2. The van der Waals surface area contributed by atoms with Gasteiger partial charge < -0.3 is 10.2 Å². The van der Waals surface area contributed by atoms with Crippen molar-refractivity contribution >= 4 is 34.8 Å². The van der Waals surface area contributed by atoms with Gasteiger partial charge in [-0.25, -0.2) is 0 Å². The molecule has 1 atom stereocenters. The number of halogens is 4. The monoisotopic (exact) mass is 458 g/mol. The Morgan fingerprint density at radius 3 is 2.40 bits per heavy atom. The van der Waals surface area contributed by atoms with Gasteiger partial charge in [-0.2, -0.15) is 13.2 Å². The van der Waals surface area contributed by atoms with Crippen LogP contribution in [0, 0.1) is 0 Å². The molecule has 1 fully saturated rings. The Bertz CT molecular complexity index is 850. The number of nitrogens with one attached hydrogen (secondary N) is 1. The van der Waals surface area contributed by atoms with E-state index >= 15 is 0 Å². The van der Waals surface area contributed by atoms with Gasteiger partial charge in [0.05, 0.1) is 0 Å². The third-order valence-electron chi connectivity index (χ3n) is 5.13. The highest BCUT2D eigenvalue weighted by Crippen LogP contribution is 2.31. The zero-order valence-corrected chi connectivity index (χ0v) is 17.7. The quantitative estimate of drug-likeness (QED) is 0.625. The molecule has 1 aromatic heterocycles. The Morgan fingerprint density at radius 1 is 1.17 bits per heavy atom. The van der Waals surface area contributed by atoms with E-state index in [9.17, 15) is 22.8 Å². The van der Waals surface area contributed by atoms with Crippen molar-refractivity contribution in [1.82, 2.24) is 10.2 Å². The van der Waals surface area contributed by atoms with Crippen LogP contribution < -0.4 is 5.32 Å². The van der Waals surface area contributed by atoms with Crippen LogP contribution in [0.15, 0.2) is 41.8 Å². The number of thiophene rings is 1. The first kappa shape index (κ1) is 22.6. The van der Waals surface area contributed by atoms with Gasteiger partial charge in [0.2, 0.25) is 5.91 Å². The van der Waals surface area contributed by atoms with Crippen molar-refractivity contribution in [3.05, 3.63) is 57.2 Å². The summed E-state index contributed by atoms with van der Waals surface area (Å²) >= 11 is 7.02. The van der Waals surface area contributed by atoms with Crippen molar-refractivity contribution in [2.45, 2.75) is 50.4 Å². The molecule has 1 aromatic carbocycles. The molecule has 2 aromatic rings. The van der Waals surface area contributed by atoms with Crippen LogP contribution in [-0.2, 0) is 16.0 Å². The maximum absolute atomic E-state index is 13.4. The van der Waals surface area contributed by atoms with Crippen LogP contribution in [0.4, 0.5) is 13.2 Å².